The van der Waals surface area contributed by atoms with Gasteiger partial charge in [0.05, 0.1) is 21.7 Å². The number of aromatic nitrogens is 2. The third-order valence-electron chi connectivity index (χ3n) is 2.10. The van der Waals surface area contributed by atoms with Crippen molar-refractivity contribution in [1.29, 1.82) is 0 Å². The van der Waals surface area contributed by atoms with Crippen molar-refractivity contribution >= 4 is 51.1 Å². The van der Waals surface area contributed by atoms with Gasteiger partial charge in [0, 0.05) is 10.7 Å². The Morgan fingerprint density at radius 1 is 1.17 bits per heavy atom. The van der Waals surface area contributed by atoms with Crippen LogP contribution in [-0.2, 0) is 18.9 Å². The summed E-state index contributed by atoms with van der Waals surface area (Å²) in [6.45, 7) is 0. The van der Waals surface area contributed by atoms with E-state index in [-0.39, 0.29) is 5.03 Å². The predicted molar refractivity (Wildman–Crippen MR) is 69.1 cm³/mol. The van der Waals surface area contributed by atoms with Crippen LogP contribution in [0.5, 0.6) is 0 Å². The first-order valence-electron chi connectivity index (χ1n) is 4.63. The van der Waals surface area contributed by atoms with Crippen molar-refractivity contribution in [3.05, 3.63) is 17.8 Å². The van der Waals surface area contributed by atoms with Gasteiger partial charge in [0.2, 0.25) is 9.05 Å². The number of hydrogen-bond donors (Lipinski definition) is 0. The number of hydrogen-bond acceptors (Lipinski definition) is 7. The molecule has 0 bridgehead atoms. The van der Waals surface area contributed by atoms with Crippen LogP contribution in [0.2, 0.25) is 0 Å². The first-order valence-corrected chi connectivity index (χ1v) is 9.64. The fourth-order valence-corrected chi connectivity index (χ4v) is 5.58. The van der Waals surface area contributed by atoms with Gasteiger partial charge in [-0.25, -0.2) is 26.8 Å². The van der Waals surface area contributed by atoms with E-state index in [9.17, 15) is 16.8 Å². The predicted octanol–water partition coefficient (Wildman–Crippen LogP) is 1.03. The van der Waals surface area contributed by atoms with E-state index in [0.29, 0.717) is 10.2 Å². The molecule has 18 heavy (non-hydrogen) atoms. The normalized spacial score (nSPS) is 12.9. The van der Waals surface area contributed by atoms with E-state index in [1.807, 2.05) is 0 Å². The Morgan fingerprint density at radius 3 is 2.56 bits per heavy atom. The topological polar surface area (TPSA) is 94.1 Å². The highest BCUT2D eigenvalue weighted by molar-refractivity contribution is 8.14. The van der Waals surface area contributed by atoms with Crippen molar-refractivity contribution in [3.63, 3.8) is 0 Å². The molecule has 0 saturated heterocycles. The number of rotatable bonds is 4. The highest BCUT2D eigenvalue weighted by atomic mass is 35.7. The van der Waals surface area contributed by atoms with E-state index in [1.165, 1.54) is 11.3 Å². The lowest BCUT2D eigenvalue weighted by Crippen LogP contribution is -2.15. The molecule has 2 aromatic rings. The molecule has 0 atom stereocenters. The number of fused-ring (bicyclic) bond motifs is 1. The average Bonchev–Trinajstić information content (AvgIpc) is 2.73. The van der Waals surface area contributed by atoms with Gasteiger partial charge in [-0.05, 0) is 11.4 Å². The molecule has 0 aromatic carbocycles. The summed E-state index contributed by atoms with van der Waals surface area (Å²) in [5.41, 5.74) is 0.516. The molecule has 0 N–H and O–H groups in total. The van der Waals surface area contributed by atoms with Crippen molar-refractivity contribution in [3.8, 4) is 0 Å². The minimum atomic E-state index is -3.85. The van der Waals surface area contributed by atoms with Crippen LogP contribution in [0, 0.1) is 0 Å². The molecular weight excluding hydrogens is 320 g/mol. The standard InChI is InChI=1S/C8H7ClN2O4S3/c9-18(14,15)4-3-17(12,13)8-7-6(1-2-16-7)10-5-11-8/h1-2,5H,3-4H2. The molecular formula is C8H7ClN2O4S3. The zero-order valence-corrected chi connectivity index (χ0v) is 12.0. The monoisotopic (exact) mass is 326 g/mol. The Balaban J connectivity index is 2.44. The quantitative estimate of drug-likeness (QED) is 0.615. The molecule has 6 nitrogen and oxygen atoms in total. The van der Waals surface area contributed by atoms with E-state index in [2.05, 4.69) is 9.97 Å². The van der Waals surface area contributed by atoms with Gasteiger partial charge in [0.1, 0.15) is 6.33 Å². The van der Waals surface area contributed by atoms with E-state index in [1.54, 1.807) is 11.4 Å². The van der Waals surface area contributed by atoms with Gasteiger partial charge in [-0.2, -0.15) is 0 Å². The Bertz CT molecular complexity index is 782. The third kappa shape index (κ3) is 2.97. The zero-order valence-electron chi connectivity index (χ0n) is 8.78. The number of thiophene rings is 1. The van der Waals surface area contributed by atoms with E-state index < -0.39 is 30.4 Å². The molecule has 2 rings (SSSR count). The zero-order chi connectivity index (χ0) is 13.4. The van der Waals surface area contributed by atoms with Gasteiger partial charge in [-0.15, -0.1) is 11.3 Å². The number of sulfone groups is 1. The fourth-order valence-electron chi connectivity index (χ4n) is 1.29. The van der Waals surface area contributed by atoms with Crippen LogP contribution in [0.15, 0.2) is 22.8 Å². The molecule has 0 saturated carbocycles. The van der Waals surface area contributed by atoms with Gasteiger partial charge in [0.15, 0.2) is 14.9 Å². The summed E-state index contributed by atoms with van der Waals surface area (Å²) in [5.74, 6) is -1.24. The molecule has 98 valence electrons. The fraction of sp³-hybridized carbons (Fsp3) is 0.250. The Hall–Kier alpha value is -0.770. The molecule has 0 amide bonds. The van der Waals surface area contributed by atoms with Crippen molar-refractivity contribution < 1.29 is 16.8 Å². The maximum atomic E-state index is 12.0. The summed E-state index contributed by atoms with van der Waals surface area (Å²) >= 11 is 1.19. The smallest absolute Gasteiger partial charge is 0.233 e. The van der Waals surface area contributed by atoms with Crippen molar-refractivity contribution in [2.45, 2.75) is 5.03 Å². The summed E-state index contributed by atoms with van der Waals surface area (Å²) in [4.78, 5) is 7.64. The second kappa shape index (κ2) is 4.72. The third-order valence-corrected chi connectivity index (χ3v) is 6.19. The second-order valence-electron chi connectivity index (χ2n) is 3.38. The maximum Gasteiger partial charge on any atom is 0.233 e. The van der Waals surface area contributed by atoms with Gasteiger partial charge in [-0.1, -0.05) is 0 Å². The van der Waals surface area contributed by atoms with Crippen molar-refractivity contribution in [2.75, 3.05) is 11.5 Å². The lowest BCUT2D eigenvalue weighted by molar-refractivity contribution is 0.590. The van der Waals surface area contributed by atoms with Gasteiger partial charge in [0.25, 0.3) is 0 Å². The summed E-state index contributed by atoms with van der Waals surface area (Å²) in [5, 5.41) is 1.54. The largest absolute Gasteiger partial charge is 0.235 e. The molecule has 2 heterocycles. The molecule has 0 spiro atoms. The molecule has 0 aliphatic rings. The van der Waals surface area contributed by atoms with Gasteiger partial charge < -0.3 is 0 Å². The molecule has 0 aliphatic heterocycles. The van der Waals surface area contributed by atoms with E-state index in [0.717, 1.165) is 6.33 Å². The van der Waals surface area contributed by atoms with Crippen LogP contribution in [0.1, 0.15) is 0 Å². The molecule has 0 fully saturated rings. The van der Waals surface area contributed by atoms with Crippen LogP contribution < -0.4 is 0 Å². The van der Waals surface area contributed by atoms with Gasteiger partial charge in [-0.3, -0.25) is 0 Å². The second-order valence-corrected chi connectivity index (χ2v) is 9.21. The maximum absolute atomic E-state index is 12.0. The van der Waals surface area contributed by atoms with Crippen LogP contribution in [0.4, 0.5) is 0 Å². The Kier molecular flexibility index (Phi) is 3.58. The summed E-state index contributed by atoms with van der Waals surface area (Å²) in [7, 11) is -2.65. The van der Waals surface area contributed by atoms with Crippen LogP contribution >= 0.6 is 22.0 Å². The summed E-state index contributed by atoms with van der Waals surface area (Å²) in [6, 6.07) is 1.67. The lowest BCUT2D eigenvalue weighted by Gasteiger charge is -2.02. The summed E-state index contributed by atoms with van der Waals surface area (Å²) in [6.07, 6.45) is 1.14. The Morgan fingerprint density at radius 2 is 1.89 bits per heavy atom. The molecule has 0 aliphatic carbocycles. The highest BCUT2D eigenvalue weighted by Gasteiger charge is 2.23. The first-order chi connectivity index (χ1) is 8.30. The van der Waals surface area contributed by atoms with Crippen LogP contribution in [0.25, 0.3) is 10.2 Å². The average molecular weight is 327 g/mol. The lowest BCUT2D eigenvalue weighted by atomic mass is 10.5. The molecule has 2 aromatic heterocycles. The summed E-state index contributed by atoms with van der Waals surface area (Å²) < 4.78 is 46.0. The van der Waals surface area contributed by atoms with E-state index >= 15 is 0 Å². The van der Waals surface area contributed by atoms with Crippen LogP contribution in [-0.4, -0.2) is 38.3 Å². The molecule has 0 unspecified atom stereocenters. The minimum Gasteiger partial charge on any atom is -0.235 e. The Labute approximate surface area is 112 Å². The van der Waals surface area contributed by atoms with E-state index in [4.69, 9.17) is 10.7 Å². The molecule has 0 radical (unpaired) electrons. The number of nitrogens with zero attached hydrogens (tertiary/aromatic N) is 2. The van der Waals surface area contributed by atoms with Gasteiger partial charge >= 0.3 is 0 Å². The van der Waals surface area contributed by atoms with Crippen molar-refractivity contribution in [2.24, 2.45) is 0 Å². The SMILES string of the molecule is O=S(=O)(Cl)CCS(=O)(=O)c1ncnc2ccsc12. The van der Waals surface area contributed by atoms with Crippen molar-refractivity contribution in [1.82, 2.24) is 9.97 Å². The van der Waals surface area contributed by atoms with Crippen LogP contribution in [0.3, 0.4) is 0 Å². The minimum absolute atomic E-state index is 0.150. The first kappa shape index (κ1) is 13.7. The molecule has 10 heteroatoms. The number of halogens is 1. The highest BCUT2D eigenvalue weighted by Crippen LogP contribution is 2.25.